The summed E-state index contributed by atoms with van der Waals surface area (Å²) >= 11 is 0. The number of nitrogens with one attached hydrogen (secondary N) is 1. The van der Waals surface area contributed by atoms with E-state index in [0.29, 0.717) is 17.9 Å². The van der Waals surface area contributed by atoms with Crippen molar-refractivity contribution in [2.75, 3.05) is 6.54 Å². The van der Waals surface area contributed by atoms with Gasteiger partial charge in [0.25, 0.3) is 0 Å². The van der Waals surface area contributed by atoms with Gasteiger partial charge in [-0.2, -0.15) is 0 Å². The van der Waals surface area contributed by atoms with Gasteiger partial charge in [0, 0.05) is 6.04 Å². The predicted octanol–water partition coefficient (Wildman–Crippen LogP) is 3.71. The van der Waals surface area contributed by atoms with Crippen molar-refractivity contribution in [1.29, 1.82) is 0 Å². The molecule has 0 bridgehead atoms. The highest BCUT2D eigenvalue weighted by atomic mass is 19.1. The van der Waals surface area contributed by atoms with E-state index in [1.807, 2.05) is 12.1 Å². The van der Waals surface area contributed by atoms with Gasteiger partial charge in [-0.15, -0.1) is 0 Å². The Morgan fingerprint density at radius 2 is 2.06 bits per heavy atom. The van der Waals surface area contributed by atoms with E-state index in [2.05, 4.69) is 19.2 Å². The van der Waals surface area contributed by atoms with Crippen molar-refractivity contribution in [3.05, 3.63) is 35.6 Å². The average molecular weight is 235 g/mol. The molecule has 1 N–H and O–H groups in total. The first-order valence-electron chi connectivity index (χ1n) is 6.66. The quantitative estimate of drug-likeness (QED) is 0.839. The van der Waals surface area contributed by atoms with Crippen molar-refractivity contribution >= 4 is 0 Å². The number of halogens is 1. The van der Waals surface area contributed by atoms with Gasteiger partial charge in [0.05, 0.1) is 0 Å². The third-order valence-corrected chi connectivity index (χ3v) is 3.75. The minimum Gasteiger partial charge on any atom is -0.314 e. The summed E-state index contributed by atoms with van der Waals surface area (Å²) in [5.74, 6) is 0.964. The highest BCUT2D eigenvalue weighted by molar-refractivity contribution is 5.23. The second-order valence-electron chi connectivity index (χ2n) is 5.38. The Bertz CT molecular complexity index is 362. The predicted molar refractivity (Wildman–Crippen MR) is 69.6 cm³/mol. The molecule has 1 fully saturated rings. The lowest BCUT2D eigenvalue weighted by atomic mass is 9.88. The van der Waals surface area contributed by atoms with Crippen LogP contribution in [0, 0.1) is 11.7 Å². The number of hydrogen-bond acceptors (Lipinski definition) is 1. The van der Waals surface area contributed by atoms with Crippen LogP contribution in [0.3, 0.4) is 0 Å². The van der Waals surface area contributed by atoms with Crippen molar-refractivity contribution in [3.63, 3.8) is 0 Å². The molecule has 0 amide bonds. The van der Waals surface area contributed by atoms with Gasteiger partial charge >= 0.3 is 0 Å². The largest absolute Gasteiger partial charge is 0.314 e. The number of rotatable bonds is 4. The van der Waals surface area contributed by atoms with E-state index in [1.165, 1.54) is 12.8 Å². The third kappa shape index (κ3) is 3.06. The summed E-state index contributed by atoms with van der Waals surface area (Å²) in [6.45, 7) is 5.33. The summed E-state index contributed by atoms with van der Waals surface area (Å²) in [6.07, 6.45) is 3.58. The van der Waals surface area contributed by atoms with E-state index < -0.39 is 0 Å². The molecule has 17 heavy (non-hydrogen) atoms. The van der Waals surface area contributed by atoms with E-state index in [9.17, 15) is 4.39 Å². The van der Waals surface area contributed by atoms with Crippen LogP contribution in [0.1, 0.15) is 44.6 Å². The van der Waals surface area contributed by atoms with Crippen molar-refractivity contribution in [2.45, 2.75) is 45.1 Å². The average Bonchev–Trinajstić information content (AvgIpc) is 2.75. The Labute approximate surface area is 103 Å². The van der Waals surface area contributed by atoms with E-state index in [-0.39, 0.29) is 5.82 Å². The van der Waals surface area contributed by atoms with Crippen LogP contribution in [-0.4, -0.2) is 12.6 Å². The van der Waals surface area contributed by atoms with Gasteiger partial charge in [-0.05, 0) is 42.9 Å². The molecule has 2 rings (SSSR count). The first kappa shape index (κ1) is 12.6. The van der Waals surface area contributed by atoms with Crippen molar-refractivity contribution in [1.82, 2.24) is 5.32 Å². The Hall–Kier alpha value is -0.890. The molecule has 1 aliphatic rings. The minimum absolute atomic E-state index is 0.0334. The van der Waals surface area contributed by atoms with Crippen LogP contribution in [0.15, 0.2) is 24.3 Å². The summed E-state index contributed by atoms with van der Waals surface area (Å²) in [5, 5.41) is 3.48. The second kappa shape index (κ2) is 5.63. The number of hydrogen-bond donors (Lipinski definition) is 1. The first-order chi connectivity index (χ1) is 8.18. The molecular weight excluding hydrogens is 213 g/mol. The highest BCUT2D eigenvalue weighted by Gasteiger charge is 2.29. The third-order valence-electron chi connectivity index (χ3n) is 3.75. The van der Waals surface area contributed by atoms with Crippen LogP contribution >= 0.6 is 0 Å². The van der Waals surface area contributed by atoms with Crippen molar-refractivity contribution in [2.24, 2.45) is 5.92 Å². The molecule has 0 saturated heterocycles. The lowest BCUT2D eigenvalue weighted by Gasteiger charge is -2.22. The maximum Gasteiger partial charge on any atom is 0.126 e. The Kier molecular flexibility index (Phi) is 4.16. The Balaban J connectivity index is 2.07. The molecule has 1 aromatic carbocycles. The zero-order valence-electron chi connectivity index (χ0n) is 10.7. The molecule has 94 valence electrons. The van der Waals surface area contributed by atoms with Gasteiger partial charge in [0.2, 0.25) is 0 Å². The Morgan fingerprint density at radius 3 is 2.76 bits per heavy atom. The monoisotopic (exact) mass is 235 g/mol. The molecule has 2 atom stereocenters. The molecule has 2 heteroatoms. The zero-order valence-corrected chi connectivity index (χ0v) is 10.7. The fourth-order valence-corrected chi connectivity index (χ4v) is 2.85. The lowest BCUT2D eigenvalue weighted by Crippen LogP contribution is -2.30. The molecule has 0 aliphatic heterocycles. The van der Waals surface area contributed by atoms with Crippen LogP contribution in [0.5, 0.6) is 0 Å². The van der Waals surface area contributed by atoms with E-state index in [1.54, 1.807) is 12.1 Å². The zero-order chi connectivity index (χ0) is 12.3. The SMILES string of the molecule is CC(C)NCC1CCCC1c1ccccc1F. The fraction of sp³-hybridized carbons (Fsp3) is 0.600. The molecular formula is C15H22FN. The van der Waals surface area contributed by atoms with Gasteiger partial charge in [-0.1, -0.05) is 38.5 Å². The lowest BCUT2D eigenvalue weighted by molar-refractivity contribution is 0.414. The van der Waals surface area contributed by atoms with Crippen LogP contribution in [0.4, 0.5) is 4.39 Å². The minimum atomic E-state index is -0.0334. The Morgan fingerprint density at radius 1 is 1.29 bits per heavy atom. The van der Waals surface area contributed by atoms with Gasteiger partial charge < -0.3 is 5.32 Å². The number of benzene rings is 1. The normalized spacial score (nSPS) is 24.5. The molecule has 0 spiro atoms. The summed E-state index contributed by atoms with van der Waals surface area (Å²) in [5.41, 5.74) is 0.917. The summed E-state index contributed by atoms with van der Waals surface area (Å²) < 4.78 is 13.8. The molecule has 1 aliphatic carbocycles. The molecule has 1 aromatic rings. The first-order valence-corrected chi connectivity index (χ1v) is 6.66. The second-order valence-corrected chi connectivity index (χ2v) is 5.38. The van der Waals surface area contributed by atoms with Crippen LogP contribution in [0.2, 0.25) is 0 Å². The van der Waals surface area contributed by atoms with Crippen LogP contribution in [0.25, 0.3) is 0 Å². The summed E-state index contributed by atoms with van der Waals surface area (Å²) in [7, 11) is 0. The maximum atomic E-state index is 13.8. The topological polar surface area (TPSA) is 12.0 Å². The van der Waals surface area contributed by atoms with Crippen LogP contribution in [-0.2, 0) is 0 Å². The van der Waals surface area contributed by atoms with Gasteiger partial charge in [0.1, 0.15) is 5.82 Å². The maximum absolute atomic E-state index is 13.8. The van der Waals surface area contributed by atoms with Gasteiger partial charge in [0.15, 0.2) is 0 Å². The standard InChI is InChI=1S/C15H22FN/c1-11(2)17-10-12-6-5-8-13(12)14-7-3-4-9-15(14)16/h3-4,7,9,11-13,17H,5-6,8,10H2,1-2H3. The highest BCUT2D eigenvalue weighted by Crippen LogP contribution is 2.40. The molecule has 2 unspecified atom stereocenters. The molecule has 0 aromatic heterocycles. The van der Waals surface area contributed by atoms with E-state index >= 15 is 0 Å². The molecule has 0 radical (unpaired) electrons. The van der Waals surface area contributed by atoms with Gasteiger partial charge in [-0.25, -0.2) is 4.39 Å². The van der Waals surface area contributed by atoms with Gasteiger partial charge in [-0.3, -0.25) is 0 Å². The molecule has 0 heterocycles. The van der Waals surface area contributed by atoms with E-state index in [4.69, 9.17) is 0 Å². The summed E-state index contributed by atoms with van der Waals surface area (Å²) in [4.78, 5) is 0. The smallest absolute Gasteiger partial charge is 0.126 e. The van der Waals surface area contributed by atoms with Crippen molar-refractivity contribution < 1.29 is 4.39 Å². The molecule has 1 nitrogen and oxygen atoms in total. The van der Waals surface area contributed by atoms with Crippen LogP contribution < -0.4 is 5.32 Å². The fourth-order valence-electron chi connectivity index (χ4n) is 2.85. The van der Waals surface area contributed by atoms with E-state index in [0.717, 1.165) is 18.5 Å². The summed E-state index contributed by atoms with van der Waals surface area (Å²) in [6, 6.07) is 7.77. The van der Waals surface area contributed by atoms with Crippen molar-refractivity contribution in [3.8, 4) is 0 Å². The molecule has 1 saturated carbocycles.